The minimum Gasteiger partial charge on any atom is -0.312 e. The van der Waals surface area contributed by atoms with Gasteiger partial charge in [0, 0.05) is 17.1 Å². The van der Waals surface area contributed by atoms with E-state index in [-0.39, 0.29) is 5.82 Å². The van der Waals surface area contributed by atoms with Crippen molar-refractivity contribution in [3.63, 3.8) is 0 Å². The summed E-state index contributed by atoms with van der Waals surface area (Å²) >= 11 is 5.63. The number of benzene rings is 1. The van der Waals surface area contributed by atoms with Gasteiger partial charge in [0.25, 0.3) is 0 Å². The lowest BCUT2D eigenvalue weighted by atomic mass is 10.2. The summed E-state index contributed by atoms with van der Waals surface area (Å²) in [6.07, 6.45) is 2.71. The van der Waals surface area contributed by atoms with E-state index < -0.39 is 0 Å². The Morgan fingerprint density at radius 3 is 2.93 bits per heavy atom. The summed E-state index contributed by atoms with van der Waals surface area (Å²) in [5.74, 6) is -0.261. The summed E-state index contributed by atoms with van der Waals surface area (Å²) in [7, 11) is 0. The van der Waals surface area contributed by atoms with Crippen LogP contribution in [0.3, 0.4) is 0 Å². The van der Waals surface area contributed by atoms with E-state index in [2.05, 4.69) is 11.9 Å². The number of rotatable bonds is 5. The fraction of sp³-hybridized carbons (Fsp3) is 0.273. The van der Waals surface area contributed by atoms with Crippen LogP contribution in [0.4, 0.5) is 4.39 Å². The quantitative estimate of drug-likeness (QED) is 0.585. The van der Waals surface area contributed by atoms with Crippen molar-refractivity contribution in [1.29, 1.82) is 0 Å². The molecule has 0 saturated carbocycles. The molecule has 0 aliphatic heterocycles. The predicted molar refractivity (Wildman–Crippen MR) is 57.9 cm³/mol. The molecule has 0 aromatic heterocycles. The Bertz CT molecular complexity index is 312. The molecule has 0 spiro atoms. The first-order valence-corrected chi connectivity index (χ1v) is 4.87. The minimum atomic E-state index is -0.261. The van der Waals surface area contributed by atoms with Crippen molar-refractivity contribution in [3.05, 3.63) is 47.3 Å². The normalized spacial score (nSPS) is 10.1. The van der Waals surface area contributed by atoms with Crippen molar-refractivity contribution in [2.45, 2.75) is 13.0 Å². The van der Waals surface area contributed by atoms with Crippen LogP contribution in [0.1, 0.15) is 12.0 Å². The van der Waals surface area contributed by atoms with Crippen molar-refractivity contribution in [1.82, 2.24) is 5.32 Å². The molecule has 1 N–H and O–H groups in total. The Morgan fingerprint density at radius 2 is 2.29 bits per heavy atom. The maximum Gasteiger partial charge on any atom is 0.129 e. The molecular formula is C11H13ClFN. The second kappa shape index (κ2) is 5.78. The fourth-order valence-corrected chi connectivity index (χ4v) is 1.25. The van der Waals surface area contributed by atoms with E-state index >= 15 is 0 Å². The molecule has 0 aliphatic rings. The van der Waals surface area contributed by atoms with Gasteiger partial charge in [0.2, 0.25) is 0 Å². The number of hydrogen-bond acceptors (Lipinski definition) is 1. The van der Waals surface area contributed by atoms with Gasteiger partial charge in [-0.2, -0.15) is 0 Å². The molecule has 1 rings (SSSR count). The maximum atomic E-state index is 13.2. The Labute approximate surface area is 88.6 Å². The van der Waals surface area contributed by atoms with Crippen LogP contribution in [0, 0.1) is 5.82 Å². The van der Waals surface area contributed by atoms with Gasteiger partial charge in [0.1, 0.15) is 5.82 Å². The third kappa shape index (κ3) is 3.48. The van der Waals surface area contributed by atoms with Crippen molar-refractivity contribution >= 4 is 11.6 Å². The molecule has 0 atom stereocenters. The molecule has 76 valence electrons. The van der Waals surface area contributed by atoms with E-state index in [4.69, 9.17) is 11.6 Å². The molecular weight excluding hydrogens is 201 g/mol. The largest absolute Gasteiger partial charge is 0.312 e. The highest BCUT2D eigenvalue weighted by Crippen LogP contribution is 2.14. The molecule has 14 heavy (non-hydrogen) atoms. The number of halogens is 2. The standard InChI is InChI=1S/C11H13ClFN/c1-2-3-6-14-8-9-4-5-10(12)7-11(9)13/h2,4-5,7,14H,1,3,6,8H2. The fourth-order valence-electron chi connectivity index (χ4n) is 1.09. The summed E-state index contributed by atoms with van der Waals surface area (Å²) < 4.78 is 13.2. The topological polar surface area (TPSA) is 12.0 Å². The predicted octanol–water partition coefficient (Wildman–Crippen LogP) is 3.14. The first-order valence-electron chi connectivity index (χ1n) is 4.49. The third-order valence-electron chi connectivity index (χ3n) is 1.86. The van der Waals surface area contributed by atoms with Gasteiger partial charge in [-0.25, -0.2) is 4.39 Å². The molecule has 1 aromatic rings. The maximum absolute atomic E-state index is 13.2. The first-order chi connectivity index (χ1) is 6.74. The minimum absolute atomic E-state index is 0.261. The SMILES string of the molecule is C=CCCNCc1ccc(Cl)cc1F. The zero-order valence-corrected chi connectivity index (χ0v) is 8.65. The van der Waals surface area contributed by atoms with E-state index in [1.54, 1.807) is 12.1 Å². The van der Waals surface area contributed by atoms with E-state index in [1.165, 1.54) is 6.07 Å². The van der Waals surface area contributed by atoms with E-state index in [0.717, 1.165) is 13.0 Å². The Balaban J connectivity index is 2.46. The number of hydrogen-bond donors (Lipinski definition) is 1. The van der Waals surface area contributed by atoms with Crippen molar-refractivity contribution in [2.75, 3.05) is 6.54 Å². The third-order valence-corrected chi connectivity index (χ3v) is 2.09. The summed E-state index contributed by atoms with van der Waals surface area (Å²) in [4.78, 5) is 0. The highest BCUT2D eigenvalue weighted by molar-refractivity contribution is 6.30. The van der Waals surface area contributed by atoms with Crippen molar-refractivity contribution in [3.8, 4) is 0 Å². The highest BCUT2D eigenvalue weighted by Gasteiger charge is 2.01. The van der Waals surface area contributed by atoms with Gasteiger partial charge in [-0.3, -0.25) is 0 Å². The molecule has 1 aromatic carbocycles. The van der Waals surface area contributed by atoms with Crippen LogP contribution in [-0.4, -0.2) is 6.54 Å². The second-order valence-electron chi connectivity index (χ2n) is 2.99. The molecule has 0 aliphatic carbocycles. The summed E-state index contributed by atoms with van der Waals surface area (Å²) in [5.41, 5.74) is 0.637. The van der Waals surface area contributed by atoms with Gasteiger partial charge in [-0.15, -0.1) is 6.58 Å². The monoisotopic (exact) mass is 213 g/mol. The molecule has 0 fully saturated rings. The molecule has 0 heterocycles. The molecule has 0 amide bonds. The van der Waals surface area contributed by atoms with Gasteiger partial charge < -0.3 is 5.32 Å². The van der Waals surface area contributed by atoms with Gasteiger partial charge in [-0.1, -0.05) is 23.7 Å². The van der Waals surface area contributed by atoms with Crippen LogP contribution in [0.2, 0.25) is 5.02 Å². The van der Waals surface area contributed by atoms with Crippen LogP contribution < -0.4 is 5.32 Å². The average Bonchev–Trinajstić information content (AvgIpc) is 2.15. The van der Waals surface area contributed by atoms with Gasteiger partial charge in [0.05, 0.1) is 0 Å². The molecule has 3 heteroatoms. The van der Waals surface area contributed by atoms with Crippen LogP contribution in [0.25, 0.3) is 0 Å². The molecule has 0 radical (unpaired) electrons. The number of nitrogens with one attached hydrogen (secondary N) is 1. The second-order valence-corrected chi connectivity index (χ2v) is 3.43. The van der Waals surface area contributed by atoms with Crippen LogP contribution in [0.15, 0.2) is 30.9 Å². The lowest BCUT2D eigenvalue weighted by Gasteiger charge is -2.04. The zero-order valence-electron chi connectivity index (χ0n) is 7.89. The molecule has 0 bridgehead atoms. The summed E-state index contributed by atoms with van der Waals surface area (Å²) in [5, 5.41) is 3.54. The van der Waals surface area contributed by atoms with Gasteiger partial charge in [-0.05, 0) is 25.1 Å². The van der Waals surface area contributed by atoms with Crippen LogP contribution in [0.5, 0.6) is 0 Å². The lowest BCUT2D eigenvalue weighted by Crippen LogP contribution is -2.14. The highest BCUT2D eigenvalue weighted by atomic mass is 35.5. The van der Waals surface area contributed by atoms with Crippen LogP contribution >= 0.6 is 11.6 Å². The summed E-state index contributed by atoms with van der Waals surface area (Å²) in [6, 6.07) is 4.71. The Hall–Kier alpha value is -0.860. The van der Waals surface area contributed by atoms with Crippen molar-refractivity contribution in [2.24, 2.45) is 0 Å². The molecule has 0 unspecified atom stereocenters. The van der Waals surface area contributed by atoms with Gasteiger partial charge in [0.15, 0.2) is 0 Å². The van der Waals surface area contributed by atoms with Crippen LogP contribution in [-0.2, 0) is 6.54 Å². The molecule has 0 saturated heterocycles. The van der Waals surface area contributed by atoms with Crippen molar-refractivity contribution < 1.29 is 4.39 Å². The summed E-state index contributed by atoms with van der Waals surface area (Å²) in [6.45, 7) is 4.94. The molecule has 1 nitrogen and oxygen atoms in total. The van der Waals surface area contributed by atoms with E-state index in [9.17, 15) is 4.39 Å². The average molecular weight is 214 g/mol. The zero-order chi connectivity index (χ0) is 10.4. The van der Waals surface area contributed by atoms with E-state index in [0.29, 0.717) is 17.1 Å². The van der Waals surface area contributed by atoms with Gasteiger partial charge >= 0.3 is 0 Å². The smallest absolute Gasteiger partial charge is 0.129 e. The lowest BCUT2D eigenvalue weighted by molar-refractivity contribution is 0.590. The Kier molecular flexibility index (Phi) is 4.63. The van der Waals surface area contributed by atoms with E-state index in [1.807, 2.05) is 6.08 Å². The Morgan fingerprint density at radius 1 is 1.50 bits per heavy atom. The first kappa shape index (κ1) is 11.2.